The molecule has 3 N–H and O–H groups in total. The van der Waals surface area contributed by atoms with Gasteiger partial charge in [-0.05, 0) is 37.6 Å². The Morgan fingerprint density at radius 2 is 2.15 bits per heavy atom. The maximum atomic E-state index is 10.3. The molecular formula is C15H20BrN3O. The Labute approximate surface area is 127 Å². The summed E-state index contributed by atoms with van der Waals surface area (Å²) < 4.78 is 2.85. The van der Waals surface area contributed by atoms with E-state index in [1.807, 2.05) is 29.1 Å². The van der Waals surface area contributed by atoms with Crippen LogP contribution in [-0.4, -0.2) is 14.9 Å². The van der Waals surface area contributed by atoms with Crippen LogP contribution in [0, 0.1) is 0 Å². The number of benzene rings is 1. The zero-order valence-electron chi connectivity index (χ0n) is 11.8. The molecule has 0 spiro atoms. The van der Waals surface area contributed by atoms with E-state index in [2.05, 4.69) is 34.9 Å². The Kier molecular flexibility index (Phi) is 4.83. The first-order valence-electron chi connectivity index (χ1n) is 6.78. The first-order valence-corrected chi connectivity index (χ1v) is 7.57. The van der Waals surface area contributed by atoms with Crippen molar-refractivity contribution < 1.29 is 5.11 Å². The molecule has 5 heteroatoms. The monoisotopic (exact) mass is 337 g/mol. The third-order valence-electron chi connectivity index (χ3n) is 3.52. The van der Waals surface area contributed by atoms with E-state index in [-0.39, 0.29) is 0 Å². The normalized spacial score (nSPS) is 14.2. The molecule has 20 heavy (non-hydrogen) atoms. The highest BCUT2D eigenvalue weighted by Crippen LogP contribution is 2.26. The van der Waals surface area contributed by atoms with Gasteiger partial charge in [-0.3, -0.25) is 4.68 Å². The number of nitrogens with two attached hydrogens (primary N) is 1. The van der Waals surface area contributed by atoms with Crippen LogP contribution in [0.5, 0.6) is 0 Å². The topological polar surface area (TPSA) is 64.1 Å². The summed E-state index contributed by atoms with van der Waals surface area (Å²) in [5, 5.41) is 14.8. The van der Waals surface area contributed by atoms with E-state index in [1.165, 1.54) is 0 Å². The lowest BCUT2D eigenvalue weighted by atomic mass is 10.0. The number of nitrogens with zero attached hydrogens (tertiary/aromatic N) is 2. The standard InChI is InChI=1S/C15H20BrN3O/c1-3-10(2)19-7-6-12(18-19)9-15(20)13-8-11(16)4-5-14(13)17/h4-8,10,15,20H,3,9,17H2,1-2H3. The van der Waals surface area contributed by atoms with Gasteiger partial charge in [0, 0.05) is 34.4 Å². The van der Waals surface area contributed by atoms with Crippen LogP contribution in [0.3, 0.4) is 0 Å². The van der Waals surface area contributed by atoms with E-state index >= 15 is 0 Å². The number of halogens is 1. The summed E-state index contributed by atoms with van der Waals surface area (Å²) >= 11 is 3.40. The van der Waals surface area contributed by atoms with E-state index in [9.17, 15) is 5.11 Å². The zero-order chi connectivity index (χ0) is 14.7. The van der Waals surface area contributed by atoms with Gasteiger partial charge < -0.3 is 10.8 Å². The van der Waals surface area contributed by atoms with Gasteiger partial charge in [0.15, 0.2) is 0 Å². The molecule has 0 saturated heterocycles. The number of hydrogen-bond acceptors (Lipinski definition) is 3. The van der Waals surface area contributed by atoms with Crippen molar-refractivity contribution in [3.63, 3.8) is 0 Å². The molecule has 1 heterocycles. The molecule has 2 atom stereocenters. The Hall–Kier alpha value is -1.33. The molecule has 2 rings (SSSR count). The lowest BCUT2D eigenvalue weighted by Crippen LogP contribution is -2.08. The molecule has 1 aromatic heterocycles. The number of rotatable bonds is 5. The average Bonchev–Trinajstić information content (AvgIpc) is 2.89. The number of aliphatic hydroxyl groups excluding tert-OH is 1. The molecule has 1 aromatic carbocycles. The van der Waals surface area contributed by atoms with Crippen molar-refractivity contribution in [2.24, 2.45) is 0 Å². The Morgan fingerprint density at radius 3 is 2.85 bits per heavy atom. The number of hydrogen-bond donors (Lipinski definition) is 2. The second kappa shape index (κ2) is 6.41. The Bertz CT molecular complexity index is 582. The van der Waals surface area contributed by atoms with Crippen molar-refractivity contribution >= 4 is 21.6 Å². The molecule has 0 aliphatic carbocycles. The predicted octanol–water partition coefficient (Wildman–Crippen LogP) is 3.47. The second-order valence-corrected chi connectivity index (χ2v) is 5.95. The van der Waals surface area contributed by atoms with E-state index in [0.29, 0.717) is 18.2 Å². The number of nitrogen functional groups attached to an aromatic ring is 1. The van der Waals surface area contributed by atoms with Gasteiger partial charge in [-0.2, -0.15) is 5.10 Å². The van der Waals surface area contributed by atoms with Crippen molar-refractivity contribution in [3.8, 4) is 0 Å². The van der Waals surface area contributed by atoms with Gasteiger partial charge >= 0.3 is 0 Å². The maximum Gasteiger partial charge on any atom is 0.0866 e. The van der Waals surface area contributed by atoms with Crippen LogP contribution in [0.25, 0.3) is 0 Å². The first kappa shape index (κ1) is 15.1. The fourth-order valence-electron chi connectivity index (χ4n) is 2.06. The highest BCUT2D eigenvalue weighted by Gasteiger charge is 2.14. The van der Waals surface area contributed by atoms with Crippen molar-refractivity contribution in [3.05, 3.63) is 46.2 Å². The van der Waals surface area contributed by atoms with Crippen LogP contribution in [0.15, 0.2) is 34.9 Å². The molecule has 0 fully saturated rings. The first-order chi connectivity index (χ1) is 9.51. The lowest BCUT2D eigenvalue weighted by molar-refractivity contribution is 0.177. The van der Waals surface area contributed by atoms with Crippen molar-refractivity contribution in [2.45, 2.75) is 38.8 Å². The number of aliphatic hydroxyl groups is 1. The Morgan fingerprint density at radius 1 is 1.40 bits per heavy atom. The maximum absolute atomic E-state index is 10.3. The molecule has 2 aromatic rings. The summed E-state index contributed by atoms with van der Waals surface area (Å²) in [6, 6.07) is 7.83. The smallest absolute Gasteiger partial charge is 0.0866 e. The van der Waals surface area contributed by atoms with E-state index < -0.39 is 6.10 Å². The van der Waals surface area contributed by atoms with Gasteiger partial charge in [0.05, 0.1) is 11.8 Å². The minimum Gasteiger partial charge on any atom is -0.398 e. The van der Waals surface area contributed by atoms with Crippen LogP contribution < -0.4 is 5.73 Å². The van der Waals surface area contributed by atoms with Crippen LogP contribution in [0.1, 0.15) is 43.7 Å². The molecule has 4 nitrogen and oxygen atoms in total. The molecule has 0 saturated carbocycles. The van der Waals surface area contributed by atoms with Crippen LogP contribution in [-0.2, 0) is 6.42 Å². The predicted molar refractivity (Wildman–Crippen MR) is 84.4 cm³/mol. The summed E-state index contributed by atoms with van der Waals surface area (Å²) in [4.78, 5) is 0. The molecule has 0 radical (unpaired) electrons. The molecular weight excluding hydrogens is 318 g/mol. The molecule has 0 aliphatic rings. The van der Waals surface area contributed by atoms with E-state index in [4.69, 9.17) is 5.73 Å². The van der Waals surface area contributed by atoms with Crippen molar-refractivity contribution in [2.75, 3.05) is 5.73 Å². The average molecular weight is 338 g/mol. The van der Waals surface area contributed by atoms with Gasteiger partial charge in [-0.15, -0.1) is 0 Å². The quantitative estimate of drug-likeness (QED) is 0.821. The molecule has 108 valence electrons. The summed E-state index contributed by atoms with van der Waals surface area (Å²) in [6.07, 6.45) is 2.81. The largest absolute Gasteiger partial charge is 0.398 e. The number of anilines is 1. The highest BCUT2D eigenvalue weighted by atomic mass is 79.9. The van der Waals surface area contributed by atoms with Crippen LogP contribution in [0.2, 0.25) is 0 Å². The summed E-state index contributed by atoms with van der Waals surface area (Å²) in [7, 11) is 0. The third kappa shape index (κ3) is 3.41. The van der Waals surface area contributed by atoms with E-state index in [0.717, 1.165) is 22.2 Å². The van der Waals surface area contributed by atoms with Gasteiger partial charge in [0.1, 0.15) is 0 Å². The van der Waals surface area contributed by atoms with Crippen LogP contribution >= 0.6 is 15.9 Å². The zero-order valence-corrected chi connectivity index (χ0v) is 13.3. The number of aromatic nitrogens is 2. The van der Waals surface area contributed by atoms with Gasteiger partial charge in [-0.1, -0.05) is 22.9 Å². The van der Waals surface area contributed by atoms with Crippen molar-refractivity contribution in [1.29, 1.82) is 0 Å². The molecule has 0 amide bonds. The van der Waals surface area contributed by atoms with Crippen LogP contribution in [0.4, 0.5) is 5.69 Å². The minimum absolute atomic E-state index is 0.372. The van der Waals surface area contributed by atoms with Gasteiger partial charge in [-0.25, -0.2) is 0 Å². The summed E-state index contributed by atoms with van der Waals surface area (Å²) in [6.45, 7) is 4.25. The SMILES string of the molecule is CCC(C)n1ccc(CC(O)c2cc(Br)ccc2N)n1. The van der Waals surface area contributed by atoms with E-state index in [1.54, 1.807) is 6.07 Å². The van der Waals surface area contributed by atoms with Gasteiger partial charge in [0.2, 0.25) is 0 Å². The second-order valence-electron chi connectivity index (χ2n) is 5.04. The molecule has 0 aliphatic heterocycles. The lowest BCUT2D eigenvalue weighted by Gasteiger charge is -2.13. The highest BCUT2D eigenvalue weighted by molar-refractivity contribution is 9.10. The van der Waals surface area contributed by atoms with Crippen molar-refractivity contribution in [1.82, 2.24) is 9.78 Å². The Balaban J connectivity index is 2.13. The minimum atomic E-state index is -0.646. The molecule has 2 unspecified atom stereocenters. The fraction of sp³-hybridized carbons (Fsp3) is 0.400. The molecule has 0 bridgehead atoms. The third-order valence-corrected chi connectivity index (χ3v) is 4.01. The van der Waals surface area contributed by atoms with Gasteiger partial charge in [0.25, 0.3) is 0 Å². The fourth-order valence-corrected chi connectivity index (χ4v) is 2.44. The summed E-state index contributed by atoms with van der Waals surface area (Å²) in [5.41, 5.74) is 8.12. The summed E-state index contributed by atoms with van der Waals surface area (Å²) in [5.74, 6) is 0.